The molecule has 90 valence electrons. The van der Waals surface area contributed by atoms with Crippen LogP contribution in [-0.2, 0) is 10.3 Å². The van der Waals surface area contributed by atoms with Crippen molar-refractivity contribution in [1.82, 2.24) is 0 Å². The molecule has 2 N–H and O–H groups in total. The Bertz CT molecular complexity index is 458. The molecule has 3 nitrogen and oxygen atoms in total. The monoisotopic (exact) mass is 250 g/mol. The van der Waals surface area contributed by atoms with Gasteiger partial charge in [0.05, 0.1) is 6.34 Å². The number of Topliss-reactive ketones (excluding diaryl/α,β-unsaturated/α-hetero) is 1. The number of nitrogens with zero attached hydrogens (tertiary/aromatic N) is 1. The van der Waals surface area contributed by atoms with Crippen molar-refractivity contribution in [1.29, 1.82) is 0 Å². The number of ketones is 1. The topological polar surface area (TPSA) is 55.4 Å². The van der Waals surface area contributed by atoms with Crippen LogP contribution in [0.15, 0.2) is 29.3 Å². The molecule has 0 spiro atoms. The second kappa shape index (κ2) is 4.88. The Labute approximate surface area is 106 Å². The van der Waals surface area contributed by atoms with Gasteiger partial charge in [-0.15, -0.1) is 0 Å². The smallest absolute Gasteiger partial charge is 0.165 e. The van der Waals surface area contributed by atoms with Crippen LogP contribution in [0, 0.1) is 0 Å². The van der Waals surface area contributed by atoms with Crippen LogP contribution in [0.3, 0.4) is 0 Å². The molecule has 1 aliphatic rings. The van der Waals surface area contributed by atoms with Crippen molar-refractivity contribution in [3.63, 3.8) is 0 Å². The average Bonchev–Trinajstić information content (AvgIpc) is 2.33. The molecule has 0 aromatic heterocycles. The highest BCUT2D eigenvalue weighted by molar-refractivity contribution is 6.31. The number of hydrogen-bond donors (Lipinski definition) is 1. The van der Waals surface area contributed by atoms with E-state index in [2.05, 4.69) is 4.99 Å². The third-order valence-corrected chi connectivity index (χ3v) is 3.60. The highest BCUT2D eigenvalue weighted by atomic mass is 35.5. The van der Waals surface area contributed by atoms with Gasteiger partial charge in [-0.25, -0.2) is 0 Å². The Kier molecular flexibility index (Phi) is 3.48. The number of carbonyl (C=O) groups is 1. The number of hydrogen-bond acceptors (Lipinski definition) is 2. The predicted molar refractivity (Wildman–Crippen MR) is 69.3 cm³/mol. The van der Waals surface area contributed by atoms with E-state index in [9.17, 15) is 4.79 Å². The summed E-state index contributed by atoms with van der Waals surface area (Å²) in [6.07, 6.45) is 4.33. The number of benzene rings is 1. The lowest BCUT2D eigenvalue weighted by molar-refractivity contribution is -0.126. The summed E-state index contributed by atoms with van der Waals surface area (Å²) in [5.41, 5.74) is 5.32. The Morgan fingerprint density at radius 3 is 2.76 bits per heavy atom. The molecule has 0 saturated heterocycles. The standard InChI is InChI=1S/C13H15ClN2O/c14-11-6-2-1-5-10(11)13(16-9-15)8-4-3-7-12(13)17/h1-2,5-6,9H,3-4,7-8H2,(H2,15,16). The third-order valence-electron chi connectivity index (χ3n) is 3.27. The lowest BCUT2D eigenvalue weighted by Gasteiger charge is -2.32. The van der Waals surface area contributed by atoms with Gasteiger partial charge in [0.15, 0.2) is 5.78 Å². The molecule has 0 radical (unpaired) electrons. The van der Waals surface area contributed by atoms with Gasteiger partial charge in [0.2, 0.25) is 0 Å². The molecule has 1 aliphatic carbocycles. The SMILES string of the molecule is NC=NC1(c2ccccc2Cl)CCCCC1=O. The van der Waals surface area contributed by atoms with Crippen molar-refractivity contribution in [2.24, 2.45) is 10.7 Å². The molecular weight excluding hydrogens is 236 g/mol. The van der Waals surface area contributed by atoms with Crippen molar-refractivity contribution in [3.8, 4) is 0 Å². The molecule has 1 atom stereocenters. The highest BCUT2D eigenvalue weighted by Crippen LogP contribution is 2.40. The van der Waals surface area contributed by atoms with E-state index in [0.717, 1.165) is 18.4 Å². The Hall–Kier alpha value is -1.35. The van der Waals surface area contributed by atoms with Crippen molar-refractivity contribution >= 4 is 23.7 Å². The molecule has 0 amide bonds. The molecule has 1 aromatic carbocycles. The van der Waals surface area contributed by atoms with Crippen molar-refractivity contribution in [2.75, 3.05) is 0 Å². The summed E-state index contributed by atoms with van der Waals surface area (Å²) in [4.78, 5) is 16.5. The summed E-state index contributed by atoms with van der Waals surface area (Å²) in [6.45, 7) is 0. The van der Waals surface area contributed by atoms with Gasteiger partial charge in [-0.05, 0) is 25.3 Å². The van der Waals surface area contributed by atoms with Crippen molar-refractivity contribution < 1.29 is 4.79 Å². The highest BCUT2D eigenvalue weighted by Gasteiger charge is 2.42. The molecule has 0 aliphatic heterocycles. The molecule has 17 heavy (non-hydrogen) atoms. The largest absolute Gasteiger partial charge is 0.390 e. The molecule has 1 saturated carbocycles. The minimum absolute atomic E-state index is 0.110. The number of nitrogens with two attached hydrogens (primary N) is 1. The first-order chi connectivity index (χ1) is 8.20. The lowest BCUT2D eigenvalue weighted by Crippen LogP contribution is -2.37. The van der Waals surface area contributed by atoms with Crippen molar-refractivity contribution in [3.05, 3.63) is 34.9 Å². The van der Waals surface area contributed by atoms with Crippen LogP contribution in [0.25, 0.3) is 0 Å². The van der Waals surface area contributed by atoms with Gasteiger partial charge in [-0.3, -0.25) is 9.79 Å². The zero-order valence-electron chi connectivity index (χ0n) is 9.53. The van der Waals surface area contributed by atoms with Gasteiger partial charge in [0.25, 0.3) is 0 Å². The van der Waals surface area contributed by atoms with Gasteiger partial charge in [-0.1, -0.05) is 29.8 Å². The van der Waals surface area contributed by atoms with E-state index >= 15 is 0 Å². The maximum atomic E-state index is 12.2. The quantitative estimate of drug-likeness (QED) is 0.648. The lowest BCUT2D eigenvalue weighted by atomic mass is 9.76. The normalized spacial score (nSPS) is 25.4. The molecule has 1 aromatic rings. The van der Waals surface area contributed by atoms with E-state index in [1.165, 1.54) is 6.34 Å². The second-order valence-corrected chi connectivity index (χ2v) is 4.66. The number of carbonyl (C=O) groups excluding carboxylic acids is 1. The fourth-order valence-corrected chi connectivity index (χ4v) is 2.72. The minimum atomic E-state index is -0.856. The van der Waals surface area contributed by atoms with Gasteiger partial charge in [0.1, 0.15) is 5.54 Å². The first-order valence-electron chi connectivity index (χ1n) is 5.74. The van der Waals surface area contributed by atoms with Crippen LogP contribution in [0.4, 0.5) is 0 Å². The molecular formula is C13H15ClN2O. The number of halogens is 1. The number of rotatable bonds is 2. The molecule has 1 fully saturated rings. The van der Waals surface area contributed by atoms with E-state index in [1.54, 1.807) is 6.07 Å². The summed E-state index contributed by atoms with van der Waals surface area (Å²) in [6, 6.07) is 7.36. The predicted octanol–water partition coefficient (Wildman–Crippen LogP) is 2.67. The van der Waals surface area contributed by atoms with E-state index in [-0.39, 0.29) is 5.78 Å². The van der Waals surface area contributed by atoms with Crippen LogP contribution >= 0.6 is 11.6 Å². The van der Waals surface area contributed by atoms with Crippen LogP contribution in [0.2, 0.25) is 5.02 Å². The fourth-order valence-electron chi connectivity index (χ4n) is 2.43. The van der Waals surface area contributed by atoms with Gasteiger partial charge >= 0.3 is 0 Å². The maximum absolute atomic E-state index is 12.2. The zero-order chi connectivity index (χ0) is 12.3. The molecule has 0 heterocycles. The van der Waals surface area contributed by atoms with E-state index < -0.39 is 5.54 Å². The number of aliphatic imine (C=N–C) groups is 1. The van der Waals surface area contributed by atoms with E-state index in [4.69, 9.17) is 17.3 Å². The Morgan fingerprint density at radius 1 is 1.35 bits per heavy atom. The van der Waals surface area contributed by atoms with Crippen LogP contribution in [-0.4, -0.2) is 12.1 Å². The molecule has 0 bridgehead atoms. The van der Waals surface area contributed by atoms with E-state index in [0.29, 0.717) is 17.9 Å². The fraction of sp³-hybridized carbons (Fsp3) is 0.385. The summed E-state index contributed by atoms with van der Waals surface area (Å²) in [5.74, 6) is 0.110. The van der Waals surface area contributed by atoms with Crippen LogP contribution in [0.5, 0.6) is 0 Å². The minimum Gasteiger partial charge on any atom is -0.390 e. The maximum Gasteiger partial charge on any atom is 0.165 e. The summed E-state index contributed by atoms with van der Waals surface area (Å²) >= 11 is 6.18. The summed E-state index contributed by atoms with van der Waals surface area (Å²) < 4.78 is 0. The zero-order valence-corrected chi connectivity index (χ0v) is 10.3. The first kappa shape index (κ1) is 12.1. The van der Waals surface area contributed by atoms with Crippen LogP contribution in [0.1, 0.15) is 31.2 Å². The third kappa shape index (κ3) is 2.07. The molecule has 2 rings (SSSR count). The molecule has 4 heteroatoms. The van der Waals surface area contributed by atoms with E-state index in [1.807, 2.05) is 18.2 Å². The molecule has 1 unspecified atom stereocenters. The van der Waals surface area contributed by atoms with Gasteiger partial charge in [-0.2, -0.15) is 0 Å². The second-order valence-electron chi connectivity index (χ2n) is 4.25. The van der Waals surface area contributed by atoms with Gasteiger partial charge < -0.3 is 5.73 Å². The Morgan fingerprint density at radius 2 is 2.12 bits per heavy atom. The van der Waals surface area contributed by atoms with Crippen LogP contribution < -0.4 is 5.73 Å². The first-order valence-corrected chi connectivity index (χ1v) is 6.12. The van der Waals surface area contributed by atoms with Gasteiger partial charge in [0, 0.05) is 17.0 Å². The summed E-state index contributed by atoms with van der Waals surface area (Å²) in [5, 5.41) is 0.577. The Balaban J connectivity index is 2.55. The van der Waals surface area contributed by atoms with Crippen molar-refractivity contribution in [2.45, 2.75) is 31.2 Å². The summed E-state index contributed by atoms with van der Waals surface area (Å²) in [7, 11) is 0. The average molecular weight is 251 g/mol.